The first-order valence-corrected chi connectivity index (χ1v) is 17.0. The van der Waals surface area contributed by atoms with Crippen molar-refractivity contribution in [2.45, 2.75) is 0 Å². The van der Waals surface area contributed by atoms with Crippen LogP contribution >= 0.6 is 0 Å². The number of allylic oxidation sites excluding steroid dienone is 11. The highest BCUT2D eigenvalue weighted by Gasteiger charge is 2.27. The van der Waals surface area contributed by atoms with Crippen molar-refractivity contribution < 1.29 is 9.13 Å². The second-order valence-corrected chi connectivity index (χ2v) is 13.1. The Morgan fingerprint density at radius 2 is 0.902 bits per heavy atom. The fourth-order valence-corrected chi connectivity index (χ4v) is 6.95. The van der Waals surface area contributed by atoms with E-state index < -0.39 is 0 Å². The van der Waals surface area contributed by atoms with Crippen LogP contribution in [0.2, 0.25) is 0 Å². The summed E-state index contributed by atoms with van der Waals surface area (Å²) in [6, 6.07) is 23.3. The van der Waals surface area contributed by atoms with Crippen molar-refractivity contribution in [2.24, 2.45) is 29.1 Å². The monoisotopic (exact) mass is 661 g/mol. The van der Waals surface area contributed by atoms with Gasteiger partial charge in [0.1, 0.15) is 14.1 Å². The third-order valence-electron chi connectivity index (χ3n) is 9.55. The maximum atomic E-state index is 5.37. The molecule has 7 heteroatoms. The first-order chi connectivity index (χ1) is 25.0. The molecule has 4 aromatic rings. The van der Waals surface area contributed by atoms with Crippen molar-refractivity contribution in [3.63, 3.8) is 0 Å². The molecular formula is C44H35N7+2. The summed E-state index contributed by atoms with van der Waals surface area (Å²) in [5, 5.41) is 0. The van der Waals surface area contributed by atoms with E-state index in [2.05, 4.69) is 151 Å². The Morgan fingerprint density at radius 1 is 0.471 bits per heavy atom. The number of fused-ring (bicyclic) bond motifs is 5. The molecule has 0 unspecified atom stereocenters. The van der Waals surface area contributed by atoms with E-state index in [1.54, 1.807) is 0 Å². The van der Waals surface area contributed by atoms with Gasteiger partial charge in [0.05, 0.1) is 34.2 Å². The zero-order valence-electron chi connectivity index (χ0n) is 28.6. The van der Waals surface area contributed by atoms with Crippen molar-refractivity contribution in [1.82, 2.24) is 9.88 Å². The van der Waals surface area contributed by atoms with Gasteiger partial charge in [-0.15, -0.1) is 0 Å². The molecule has 0 radical (unpaired) electrons. The highest BCUT2D eigenvalue weighted by atomic mass is 15.0. The molecule has 0 saturated heterocycles. The van der Waals surface area contributed by atoms with Crippen molar-refractivity contribution in [2.75, 3.05) is 7.05 Å². The molecule has 1 N–H and O–H groups in total. The molecule has 0 fully saturated rings. The summed E-state index contributed by atoms with van der Waals surface area (Å²) in [6.07, 6.45) is 29.4. The summed E-state index contributed by atoms with van der Waals surface area (Å²) < 4.78 is 4.09. The highest BCUT2D eigenvalue weighted by Crippen LogP contribution is 2.38. The lowest BCUT2D eigenvalue weighted by Gasteiger charge is -2.16. The Balaban J connectivity index is 1.36. The first kappa shape index (κ1) is 30.3. The van der Waals surface area contributed by atoms with Crippen LogP contribution in [0.15, 0.2) is 196 Å². The number of rotatable bonds is 3. The summed E-state index contributed by atoms with van der Waals surface area (Å²) in [6.45, 7) is 0. The first-order valence-electron chi connectivity index (χ1n) is 17.0. The smallest absolute Gasteiger partial charge is 0.169 e. The minimum atomic E-state index is 0.857. The van der Waals surface area contributed by atoms with Crippen molar-refractivity contribution >= 4 is 33.9 Å². The summed E-state index contributed by atoms with van der Waals surface area (Å²) in [5.41, 5.74) is 15.4. The predicted octanol–water partition coefficient (Wildman–Crippen LogP) is 6.91. The Hall–Kier alpha value is -6.73. The largest absolute Gasteiger partial charge is 0.357 e. The lowest BCUT2D eigenvalue weighted by atomic mass is 9.97. The van der Waals surface area contributed by atoms with E-state index in [4.69, 9.17) is 15.0 Å². The zero-order chi connectivity index (χ0) is 34.5. The summed E-state index contributed by atoms with van der Waals surface area (Å²) in [5.74, 6) is 0. The topological polar surface area (TPSA) is 63.9 Å². The van der Waals surface area contributed by atoms with E-state index in [1.165, 1.54) is 0 Å². The molecule has 3 aromatic heterocycles. The van der Waals surface area contributed by atoms with E-state index in [9.17, 15) is 0 Å². The van der Waals surface area contributed by atoms with Crippen molar-refractivity contribution in [1.29, 1.82) is 0 Å². The molecule has 0 atom stereocenters. The summed E-state index contributed by atoms with van der Waals surface area (Å²) in [4.78, 5) is 21.9. The fraction of sp³-hybridized carbons (Fsp3) is 0.0682. The number of aliphatic imine (C=N–C) groups is 3. The van der Waals surface area contributed by atoms with Gasteiger partial charge in [0.15, 0.2) is 24.8 Å². The van der Waals surface area contributed by atoms with Crippen LogP contribution < -0.4 is 9.13 Å². The molecule has 8 heterocycles. The average molecular weight is 662 g/mol. The van der Waals surface area contributed by atoms with Crippen LogP contribution in [0.4, 0.5) is 0 Å². The Bertz CT molecular complexity index is 2480. The molecule has 0 spiro atoms. The number of H-pyrrole nitrogens is 1. The SMILES string of the molecule is CN1C=CC(=C2C3=NC(=C(c4ccccc4)C4=NC(=C(c5cc[n+](C)cc5)c5ccc([nH]5)C(c5cc[n+](C)cc5)=C5C=CC2=N5)C=C4)C=C3)C=C1. The molecule has 5 aliphatic rings. The van der Waals surface area contributed by atoms with Crippen LogP contribution in [-0.4, -0.2) is 34.1 Å². The van der Waals surface area contributed by atoms with Crippen molar-refractivity contribution in [3.8, 4) is 0 Å². The van der Waals surface area contributed by atoms with Gasteiger partial charge in [-0.3, -0.25) is 0 Å². The third-order valence-corrected chi connectivity index (χ3v) is 9.55. The molecular weight excluding hydrogens is 627 g/mol. The van der Waals surface area contributed by atoms with Crippen LogP contribution in [0, 0.1) is 0 Å². The number of pyridine rings is 2. The van der Waals surface area contributed by atoms with E-state index in [0.717, 1.165) is 90.2 Å². The Morgan fingerprint density at radius 3 is 1.39 bits per heavy atom. The molecule has 0 saturated carbocycles. The molecule has 0 aliphatic carbocycles. The van der Waals surface area contributed by atoms with Gasteiger partial charge in [-0.25, -0.2) is 24.1 Å². The fourth-order valence-electron chi connectivity index (χ4n) is 6.95. The van der Waals surface area contributed by atoms with Gasteiger partial charge in [-0.2, -0.15) is 0 Å². The maximum Gasteiger partial charge on any atom is 0.169 e. The molecule has 8 bridgehead atoms. The van der Waals surface area contributed by atoms with Gasteiger partial charge in [0.2, 0.25) is 0 Å². The molecule has 1 aromatic carbocycles. The van der Waals surface area contributed by atoms with Crippen LogP contribution in [0.25, 0.3) is 16.7 Å². The van der Waals surface area contributed by atoms with Crippen molar-refractivity contribution in [3.05, 3.63) is 209 Å². The summed E-state index contributed by atoms with van der Waals surface area (Å²) in [7, 11) is 6.09. The van der Waals surface area contributed by atoms with Crippen LogP contribution in [0.5, 0.6) is 0 Å². The molecule has 9 rings (SSSR count). The molecule has 0 amide bonds. The normalized spacial score (nSPS) is 17.7. The average Bonchev–Trinajstić information content (AvgIpc) is 3.99. The third kappa shape index (κ3) is 5.55. The summed E-state index contributed by atoms with van der Waals surface area (Å²) >= 11 is 0. The van der Waals surface area contributed by atoms with Crippen LogP contribution in [-0.2, 0) is 14.1 Å². The maximum absolute atomic E-state index is 5.37. The lowest BCUT2D eigenvalue weighted by Crippen LogP contribution is -2.26. The number of hydrogen-bond donors (Lipinski definition) is 1. The predicted molar refractivity (Wildman–Crippen MR) is 204 cm³/mol. The van der Waals surface area contributed by atoms with E-state index in [-0.39, 0.29) is 0 Å². The minimum absolute atomic E-state index is 0.857. The van der Waals surface area contributed by atoms with E-state index >= 15 is 0 Å². The molecule has 244 valence electrons. The number of benzene rings is 1. The molecule has 7 nitrogen and oxygen atoms in total. The Kier molecular flexibility index (Phi) is 7.32. The second kappa shape index (κ2) is 12.3. The number of aryl methyl sites for hydroxylation is 2. The number of nitrogens with zero attached hydrogens (tertiary/aromatic N) is 6. The Labute approximate surface area is 297 Å². The van der Waals surface area contributed by atoms with Gasteiger partial charge in [-0.05, 0) is 83.0 Å². The molecule has 51 heavy (non-hydrogen) atoms. The molecule has 5 aliphatic heterocycles. The van der Waals surface area contributed by atoms with Gasteiger partial charge in [-0.1, -0.05) is 30.3 Å². The van der Waals surface area contributed by atoms with Gasteiger partial charge < -0.3 is 9.88 Å². The van der Waals surface area contributed by atoms with Crippen LogP contribution in [0.3, 0.4) is 0 Å². The number of nitrogens with one attached hydrogen (secondary N) is 1. The quantitative estimate of drug-likeness (QED) is 0.239. The van der Waals surface area contributed by atoms with E-state index in [1.807, 2.05) is 41.2 Å². The second-order valence-electron chi connectivity index (χ2n) is 13.1. The highest BCUT2D eigenvalue weighted by molar-refractivity contribution is 6.36. The van der Waals surface area contributed by atoms with Crippen LogP contribution in [0.1, 0.15) is 28.1 Å². The number of hydrogen-bond acceptors (Lipinski definition) is 4. The lowest BCUT2D eigenvalue weighted by molar-refractivity contribution is -0.671. The number of aromatic nitrogens is 3. The van der Waals surface area contributed by atoms with E-state index in [0.29, 0.717) is 0 Å². The zero-order valence-corrected chi connectivity index (χ0v) is 28.6. The van der Waals surface area contributed by atoms with Gasteiger partial charge >= 0.3 is 0 Å². The standard InChI is InChI=1S/C44H35N7/c1-49-23-17-30(18-24-49)42-35-11-9-33(45-35)41(29-7-5-4-6-8-29)34-10-12-36(46-34)43(31-19-25-50(2)26-20-31)38-14-16-40(48-38)44(39-15-13-37(42)47-39)32-21-27-51(3)28-22-32/h4-28,47H,1-3H3/q+2. The minimum Gasteiger partial charge on any atom is -0.357 e. The van der Waals surface area contributed by atoms with Gasteiger partial charge in [0.25, 0.3) is 0 Å². The number of aromatic amines is 1. The van der Waals surface area contributed by atoms with Gasteiger partial charge in [0, 0.05) is 77.4 Å².